The van der Waals surface area contributed by atoms with E-state index in [9.17, 15) is 4.79 Å². The highest BCUT2D eigenvalue weighted by Gasteiger charge is 2.23. The van der Waals surface area contributed by atoms with Crippen molar-refractivity contribution in [2.75, 3.05) is 7.05 Å². The largest absolute Gasteiger partial charge is 0.345 e. The first-order chi connectivity index (χ1) is 12.1. The summed E-state index contributed by atoms with van der Waals surface area (Å²) in [6.45, 7) is 1.95. The minimum absolute atomic E-state index is 0. The number of hydrogen-bond acceptors (Lipinski definition) is 5. The van der Waals surface area contributed by atoms with Crippen LogP contribution in [0.1, 0.15) is 29.6 Å². The monoisotopic (exact) mass is 391 g/mol. The summed E-state index contributed by atoms with van der Waals surface area (Å²) >= 11 is 1.55. The van der Waals surface area contributed by atoms with Gasteiger partial charge in [-0.25, -0.2) is 4.98 Å². The van der Waals surface area contributed by atoms with Gasteiger partial charge < -0.3 is 10.6 Å². The Morgan fingerprint density at radius 2 is 2.00 bits per heavy atom. The number of amides is 1. The maximum atomic E-state index is 12.6. The summed E-state index contributed by atoms with van der Waals surface area (Å²) in [6.07, 6.45) is 3.53. The van der Waals surface area contributed by atoms with Crippen molar-refractivity contribution in [3.8, 4) is 11.3 Å². The molecule has 0 saturated carbocycles. The topological polar surface area (TPSA) is 71.8 Å². The van der Waals surface area contributed by atoms with Gasteiger partial charge in [0.1, 0.15) is 11.0 Å². The number of rotatable bonds is 6. The van der Waals surface area contributed by atoms with Crippen LogP contribution in [-0.4, -0.2) is 27.7 Å². The van der Waals surface area contributed by atoms with Crippen LogP contribution in [0.25, 0.3) is 11.3 Å². The number of hydrogen-bond donors (Lipinski definition) is 2. The highest BCUT2D eigenvalue weighted by molar-refractivity contribution is 7.10. The fourth-order valence-corrected chi connectivity index (χ4v) is 3.46. The molecule has 0 bridgehead atoms. The Morgan fingerprint density at radius 3 is 2.62 bits per heavy atom. The van der Waals surface area contributed by atoms with Crippen molar-refractivity contribution in [2.45, 2.75) is 19.0 Å². The predicted molar refractivity (Wildman–Crippen MR) is 106 cm³/mol. The summed E-state index contributed by atoms with van der Waals surface area (Å²) in [5.41, 5.74) is 2.84. The normalized spacial score (nSPS) is 12.9. The van der Waals surface area contributed by atoms with Gasteiger partial charge in [-0.2, -0.15) is 5.10 Å². The standard InChI is InChI=1S/C18H21N5OS.ClH/c1-12(18-22-15(11-25-18)13-7-5-4-6-8-13)21-17(24)16(19-2)14-9-20-23(3)10-14;/h4-12,16,19H,1-3H3,(H,21,24);1H. The van der Waals surface area contributed by atoms with E-state index >= 15 is 0 Å². The van der Waals surface area contributed by atoms with E-state index < -0.39 is 6.04 Å². The summed E-state index contributed by atoms with van der Waals surface area (Å²) in [4.78, 5) is 17.3. The minimum Gasteiger partial charge on any atom is -0.345 e. The molecule has 0 fully saturated rings. The van der Waals surface area contributed by atoms with E-state index in [1.807, 2.05) is 55.9 Å². The number of nitrogens with one attached hydrogen (secondary N) is 2. The van der Waals surface area contributed by atoms with Crippen LogP contribution < -0.4 is 10.6 Å². The second-order valence-corrected chi connectivity index (χ2v) is 6.73. The van der Waals surface area contributed by atoms with Crippen LogP contribution >= 0.6 is 23.7 Å². The van der Waals surface area contributed by atoms with E-state index in [0.717, 1.165) is 21.8 Å². The molecule has 0 radical (unpaired) electrons. The molecular weight excluding hydrogens is 370 g/mol. The van der Waals surface area contributed by atoms with E-state index in [-0.39, 0.29) is 24.4 Å². The van der Waals surface area contributed by atoms with Crippen LogP contribution in [0.5, 0.6) is 0 Å². The molecule has 0 aliphatic carbocycles. The first kappa shape index (κ1) is 20.1. The van der Waals surface area contributed by atoms with Gasteiger partial charge in [-0.05, 0) is 14.0 Å². The predicted octanol–water partition coefficient (Wildman–Crippen LogP) is 3.10. The molecule has 3 rings (SSSR count). The smallest absolute Gasteiger partial charge is 0.242 e. The Kier molecular flexibility index (Phi) is 6.90. The molecule has 0 saturated heterocycles. The summed E-state index contributed by atoms with van der Waals surface area (Å²) < 4.78 is 1.68. The Morgan fingerprint density at radius 1 is 1.27 bits per heavy atom. The number of likely N-dealkylation sites (N-methyl/N-ethyl adjacent to an activating group) is 1. The van der Waals surface area contributed by atoms with Crippen LogP contribution in [0, 0.1) is 0 Å². The summed E-state index contributed by atoms with van der Waals surface area (Å²) in [7, 11) is 3.59. The molecule has 8 heteroatoms. The van der Waals surface area contributed by atoms with Gasteiger partial charge in [-0.3, -0.25) is 9.48 Å². The highest BCUT2D eigenvalue weighted by Crippen LogP contribution is 2.25. The average molecular weight is 392 g/mol. The number of nitrogens with zero attached hydrogens (tertiary/aromatic N) is 3. The van der Waals surface area contributed by atoms with Gasteiger partial charge in [-0.1, -0.05) is 30.3 Å². The maximum Gasteiger partial charge on any atom is 0.242 e. The lowest BCUT2D eigenvalue weighted by Crippen LogP contribution is -2.37. The second-order valence-electron chi connectivity index (χ2n) is 5.84. The number of aromatic nitrogens is 3. The molecule has 0 aliphatic rings. The lowest BCUT2D eigenvalue weighted by Gasteiger charge is -2.17. The minimum atomic E-state index is -0.440. The van der Waals surface area contributed by atoms with Crippen molar-refractivity contribution in [1.29, 1.82) is 0 Å². The number of carbonyl (C=O) groups is 1. The molecule has 0 aliphatic heterocycles. The molecule has 1 amide bonds. The third-order valence-corrected chi connectivity index (χ3v) is 4.96. The molecule has 3 aromatic rings. The lowest BCUT2D eigenvalue weighted by atomic mass is 10.1. The number of benzene rings is 1. The van der Waals surface area contributed by atoms with Crippen molar-refractivity contribution in [3.63, 3.8) is 0 Å². The molecule has 2 heterocycles. The van der Waals surface area contributed by atoms with Crippen LogP contribution in [0.4, 0.5) is 0 Å². The van der Waals surface area contributed by atoms with Gasteiger partial charge in [0.05, 0.1) is 17.9 Å². The molecule has 138 valence electrons. The van der Waals surface area contributed by atoms with E-state index in [1.165, 1.54) is 0 Å². The van der Waals surface area contributed by atoms with Crippen LogP contribution in [0.15, 0.2) is 48.1 Å². The quantitative estimate of drug-likeness (QED) is 0.677. The summed E-state index contributed by atoms with van der Waals surface area (Å²) in [5.74, 6) is -0.0977. The zero-order valence-electron chi connectivity index (χ0n) is 14.8. The van der Waals surface area contributed by atoms with Gasteiger partial charge in [0.2, 0.25) is 5.91 Å². The van der Waals surface area contributed by atoms with Crippen molar-refractivity contribution in [1.82, 2.24) is 25.4 Å². The average Bonchev–Trinajstić information content (AvgIpc) is 3.26. The Hall–Kier alpha value is -2.22. The van der Waals surface area contributed by atoms with E-state index in [1.54, 1.807) is 29.3 Å². The molecule has 2 atom stereocenters. The molecule has 2 N–H and O–H groups in total. The van der Waals surface area contributed by atoms with Crippen molar-refractivity contribution >= 4 is 29.7 Å². The first-order valence-corrected chi connectivity index (χ1v) is 8.93. The zero-order chi connectivity index (χ0) is 17.8. The Bertz CT molecular complexity index is 848. The molecule has 0 spiro atoms. The first-order valence-electron chi connectivity index (χ1n) is 8.05. The Labute approximate surface area is 163 Å². The van der Waals surface area contributed by atoms with Crippen LogP contribution in [0.3, 0.4) is 0 Å². The van der Waals surface area contributed by atoms with E-state index in [2.05, 4.69) is 20.7 Å². The van der Waals surface area contributed by atoms with Crippen LogP contribution in [-0.2, 0) is 11.8 Å². The van der Waals surface area contributed by atoms with Crippen molar-refractivity contribution in [2.24, 2.45) is 7.05 Å². The number of aryl methyl sites for hydroxylation is 1. The zero-order valence-corrected chi connectivity index (χ0v) is 16.5. The fourth-order valence-electron chi connectivity index (χ4n) is 2.62. The van der Waals surface area contributed by atoms with Gasteiger partial charge in [0.25, 0.3) is 0 Å². The third-order valence-electron chi connectivity index (χ3n) is 3.93. The number of thiazole rings is 1. The van der Waals surface area contributed by atoms with E-state index in [0.29, 0.717) is 0 Å². The summed E-state index contributed by atoms with van der Waals surface area (Å²) in [5, 5.41) is 13.1. The molecular formula is C18H22ClN5OS. The molecule has 26 heavy (non-hydrogen) atoms. The van der Waals surface area contributed by atoms with E-state index in [4.69, 9.17) is 0 Å². The third kappa shape index (κ3) is 4.49. The molecule has 6 nitrogen and oxygen atoms in total. The van der Waals surface area contributed by atoms with Crippen LogP contribution in [0.2, 0.25) is 0 Å². The Balaban J connectivity index is 0.00000243. The van der Waals surface area contributed by atoms with Crippen molar-refractivity contribution in [3.05, 3.63) is 58.7 Å². The maximum absolute atomic E-state index is 12.6. The summed E-state index contributed by atoms with van der Waals surface area (Å²) in [6, 6.07) is 9.42. The van der Waals surface area contributed by atoms with Crippen molar-refractivity contribution < 1.29 is 4.79 Å². The molecule has 1 aromatic carbocycles. The highest BCUT2D eigenvalue weighted by atomic mass is 35.5. The number of halogens is 1. The van der Waals surface area contributed by atoms with Gasteiger partial charge in [-0.15, -0.1) is 23.7 Å². The van der Waals surface area contributed by atoms with Gasteiger partial charge in [0.15, 0.2) is 0 Å². The second kappa shape index (κ2) is 8.93. The molecule has 2 unspecified atom stereocenters. The fraction of sp³-hybridized carbons (Fsp3) is 0.278. The van der Waals surface area contributed by atoms with Gasteiger partial charge >= 0.3 is 0 Å². The lowest BCUT2D eigenvalue weighted by molar-refractivity contribution is -0.123. The number of carbonyl (C=O) groups excluding carboxylic acids is 1. The van der Waals surface area contributed by atoms with Gasteiger partial charge in [0, 0.05) is 29.8 Å². The SMILES string of the molecule is CNC(C(=O)NC(C)c1nc(-c2ccccc2)cs1)c1cnn(C)c1.Cl. The molecule has 2 aromatic heterocycles.